The summed E-state index contributed by atoms with van der Waals surface area (Å²) in [5.74, 6) is -0.0674. The molecule has 2 heterocycles. The second-order valence-electron chi connectivity index (χ2n) is 4.92. The van der Waals surface area contributed by atoms with Crippen molar-refractivity contribution < 1.29 is 14.3 Å². The number of urea groups is 1. The van der Waals surface area contributed by atoms with Gasteiger partial charge >= 0.3 is 6.03 Å². The minimum atomic E-state index is -0.391. The summed E-state index contributed by atoms with van der Waals surface area (Å²) >= 11 is 0. The maximum Gasteiger partial charge on any atom is 0.318 e. The van der Waals surface area contributed by atoms with E-state index in [2.05, 4.69) is 10.6 Å². The number of morpholine rings is 1. The number of carbonyl (C=O) groups is 2. The molecule has 2 aliphatic heterocycles. The predicted molar refractivity (Wildman–Crippen MR) is 66.2 cm³/mol. The lowest BCUT2D eigenvalue weighted by molar-refractivity contribution is -0.122. The molecule has 6 heteroatoms. The molecule has 2 aliphatic rings. The lowest BCUT2D eigenvalue weighted by Gasteiger charge is -2.32. The Morgan fingerprint density at radius 2 is 2.33 bits per heavy atom. The van der Waals surface area contributed by atoms with Gasteiger partial charge in [0, 0.05) is 19.6 Å². The number of hydrogen-bond donors (Lipinski definition) is 2. The third kappa shape index (κ3) is 3.35. The number of carbonyl (C=O) groups excluding carboxylic acids is 2. The molecular formula is C12H21N3O3. The summed E-state index contributed by atoms with van der Waals surface area (Å²) in [5.41, 5.74) is 0. The number of ether oxygens (including phenoxy) is 1. The van der Waals surface area contributed by atoms with E-state index in [4.69, 9.17) is 4.74 Å². The van der Waals surface area contributed by atoms with Crippen LogP contribution in [0.15, 0.2) is 0 Å². The number of amides is 3. The Morgan fingerprint density at radius 1 is 1.50 bits per heavy atom. The predicted octanol–water partition coefficient (Wildman–Crippen LogP) is 0.0854. The third-order valence-electron chi connectivity index (χ3n) is 3.36. The van der Waals surface area contributed by atoms with Crippen LogP contribution in [-0.2, 0) is 9.53 Å². The molecule has 0 unspecified atom stereocenters. The standard InChI is InChI=1S/C12H21N3O3/c1-9-8-15(6-7-18-9)12(17)14-10-4-2-3-5-13-11(10)16/h9-10H,2-8H2,1H3,(H,13,16)(H,14,17)/t9-,10+/m1/s1. The molecule has 102 valence electrons. The van der Waals surface area contributed by atoms with Gasteiger partial charge in [-0.25, -0.2) is 4.79 Å². The highest BCUT2D eigenvalue weighted by Crippen LogP contribution is 2.08. The Labute approximate surface area is 107 Å². The largest absolute Gasteiger partial charge is 0.375 e. The number of rotatable bonds is 1. The second kappa shape index (κ2) is 6.04. The molecule has 0 aromatic rings. The lowest BCUT2D eigenvalue weighted by atomic mass is 10.1. The summed E-state index contributed by atoms with van der Waals surface area (Å²) in [4.78, 5) is 25.5. The lowest BCUT2D eigenvalue weighted by Crippen LogP contribution is -2.54. The normalized spacial score (nSPS) is 29.4. The SMILES string of the molecule is C[C@@H]1CN(C(=O)N[C@H]2CCCCNC2=O)CCO1. The topological polar surface area (TPSA) is 70.7 Å². The highest BCUT2D eigenvalue weighted by atomic mass is 16.5. The zero-order valence-corrected chi connectivity index (χ0v) is 10.8. The molecule has 0 aromatic carbocycles. The molecule has 0 aliphatic carbocycles. The highest BCUT2D eigenvalue weighted by molar-refractivity contribution is 5.87. The zero-order valence-electron chi connectivity index (χ0n) is 10.8. The molecular weight excluding hydrogens is 234 g/mol. The van der Waals surface area contributed by atoms with E-state index in [0.29, 0.717) is 26.2 Å². The fraction of sp³-hybridized carbons (Fsp3) is 0.833. The Morgan fingerprint density at radius 3 is 3.11 bits per heavy atom. The second-order valence-corrected chi connectivity index (χ2v) is 4.92. The van der Waals surface area contributed by atoms with E-state index in [0.717, 1.165) is 19.3 Å². The molecule has 6 nitrogen and oxygen atoms in total. The average Bonchev–Trinajstić information content (AvgIpc) is 2.55. The van der Waals surface area contributed by atoms with Crippen LogP contribution in [0.5, 0.6) is 0 Å². The Balaban J connectivity index is 1.87. The van der Waals surface area contributed by atoms with Gasteiger partial charge in [-0.15, -0.1) is 0 Å². The van der Waals surface area contributed by atoms with Crippen LogP contribution in [0.2, 0.25) is 0 Å². The van der Waals surface area contributed by atoms with Crippen LogP contribution in [0.25, 0.3) is 0 Å². The maximum absolute atomic E-state index is 12.0. The van der Waals surface area contributed by atoms with Crippen LogP contribution in [-0.4, -0.2) is 55.2 Å². The molecule has 3 amide bonds. The van der Waals surface area contributed by atoms with Crippen LogP contribution >= 0.6 is 0 Å². The van der Waals surface area contributed by atoms with Crippen LogP contribution in [0, 0.1) is 0 Å². The van der Waals surface area contributed by atoms with E-state index < -0.39 is 6.04 Å². The van der Waals surface area contributed by atoms with E-state index in [1.807, 2.05) is 6.92 Å². The molecule has 2 rings (SSSR count). The van der Waals surface area contributed by atoms with Crippen LogP contribution in [0.1, 0.15) is 26.2 Å². The van der Waals surface area contributed by atoms with Gasteiger partial charge in [-0.05, 0) is 26.2 Å². The maximum atomic E-state index is 12.0. The van der Waals surface area contributed by atoms with Gasteiger partial charge in [0.1, 0.15) is 6.04 Å². The minimum absolute atomic E-state index is 0.0625. The zero-order chi connectivity index (χ0) is 13.0. The molecule has 18 heavy (non-hydrogen) atoms. The fourth-order valence-electron chi connectivity index (χ4n) is 2.32. The van der Waals surface area contributed by atoms with Gasteiger partial charge in [-0.1, -0.05) is 0 Å². The van der Waals surface area contributed by atoms with Crippen molar-refractivity contribution in [3.8, 4) is 0 Å². The van der Waals surface area contributed by atoms with Crippen LogP contribution in [0.3, 0.4) is 0 Å². The summed E-state index contributed by atoms with van der Waals surface area (Å²) in [6.45, 7) is 4.38. The van der Waals surface area contributed by atoms with E-state index in [1.165, 1.54) is 0 Å². The van der Waals surface area contributed by atoms with Crippen LogP contribution < -0.4 is 10.6 Å². The van der Waals surface area contributed by atoms with Gasteiger partial charge in [-0.2, -0.15) is 0 Å². The summed E-state index contributed by atoms with van der Waals surface area (Å²) in [7, 11) is 0. The number of nitrogens with zero attached hydrogens (tertiary/aromatic N) is 1. The number of nitrogens with one attached hydrogen (secondary N) is 2. The Kier molecular flexibility index (Phi) is 4.41. The first kappa shape index (κ1) is 13.1. The summed E-state index contributed by atoms with van der Waals surface area (Å²) in [5, 5.41) is 5.63. The third-order valence-corrected chi connectivity index (χ3v) is 3.36. The first-order valence-electron chi connectivity index (χ1n) is 6.61. The monoisotopic (exact) mass is 255 g/mol. The number of hydrogen-bond acceptors (Lipinski definition) is 3. The van der Waals surface area contributed by atoms with Gasteiger partial charge in [0.05, 0.1) is 12.7 Å². The van der Waals surface area contributed by atoms with E-state index in [1.54, 1.807) is 4.90 Å². The van der Waals surface area contributed by atoms with Crippen molar-refractivity contribution in [3.63, 3.8) is 0 Å². The quantitative estimate of drug-likeness (QED) is 0.697. The van der Waals surface area contributed by atoms with Crippen molar-refractivity contribution in [1.29, 1.82) is 0 Å². The van der Waals surface area contributed by atoms with Gasteiger partial charge in [0.25, 0.3) is 0 Å². The van der Waals surface area contributed by atoms with Crippen molar-refractivity contribution in [2.24, 2.45) is 0 Å². The molecule has 2 fully saturated rings. The van der Waals surface area contributed by atoms with Gasteiger partial charge in [-0.3, -0.25) is 4.79 Å². The van der Waals surface area contributed by atoms with E-state index in [-0.39, 0.29) is 18.0 Å². The van der Waals surface area contributed by atoms with Crippen molar-refractivity contribution in [3.05, 3.63) is 0 Å². The van der Waals surface area contributed by atoms with Crippen LogP contribution in [0.4, 0.5) is 4.79 Å². The molecule has 0 spiro atoms. The molecule has 2 saturated heterocycles. The van der Waals surface area contributed by atoms with E-state index in [9.17, 15) is 9.59 Å². The average molecular weight is 255 g/mol. The summed E-state index contributed by atoms with van der Waals surface area (Å²) < 4.78 is 5.39. The van der Waals surface area contributed by atoms with E-state index >= 15 is 0 Å². The Bertz CT molecular complexity index is 322. The van der Waals surface area contributed by atoms with Gasteiger partial charge in [0.2, 0.25) is 5.91 Å². The minimum Gasteiger partial charge on any atom is -0.375 e. The highest BCUT2D eigenvalue weighted by Gasteiger charge is 2.27. The molecule has 0 bridgehead atoms. The molecule has 2 atom stereocenters. The molecule has 0 radical (unpaired) electrons. The van der Waals surface area contributed by atoms with Crippen molar-refractivity contribution in [2.75, 3.05) is 26.2 Å². The van der Waals surface area contributed by atoms with Gasteiger partial charge in [0.15, 0.2) is 0 Å². The van der Waals surface area contributed by atoms with Crippen molar-refractivity contribution in [2.45, 2.75) is 38.3 Å². The summed E-state index contributed by atoms with van der Waals surface area (Å²) in [6.07, 6.45) is 2.72. The first-order valence-corrected chi connectivity index (χ1v) is 6.61. The fourth-order valence-corrected chi connectivity index (χ4v) is 2.32. The molecule has 0 aromatic heterocycles. The van der Waals surface area contributed by atoms with Gasteiger partial charge < -0.3 is 20.3 Å². The van der Waals surface area contributed by atoms with Crippen molar-refractivity contribution >= 4 is 11.9 Å². The first-order chi connectivity index (χ1) is 8.66. The van der Waals surface area contributed by atoms with Crippen molar-refractivity contribution in [1.82, 2.24) is 15.5 Å². The smallest absolute Gasteiger partial charge is 0.318 e. The molecule has 0 saturated carbocycles. The summed E-state index contributed by atoms with van der Waals surface area (Å²) in [6, 6.07) is -0.551. The molecule has 2 N–H and O–H groups in total. The Hall–Kier alpha value is -1.30.